The molecule has 0 saturated heterocycles. The van der Waals surface area contributed by atoms with Crippen molar-refractivity contribution in [3.8, 4) is 5.75 Å². The number of amides is 2. The third kappa shape index (κ3) is 3.91. The van der Waals surface area contributed by atoms with Crippen LogP contribution in [-0.4, -0.2) is 23.3 Å². The number of aliphatic hydroxyl groups excluding tert-OH is 1. The summed E-state index contributed by atoms with van der Waals surface area (Å²) in [5, 5.41) is 15.4. The number of hydrogen-bond acceptors (Lipinski definition) is 3. The zero-order valence-electron chi connectivity index (χ0n) is 14.1. The largest absolute Gasteiger partial charge is 0.491 e. The molecule has 0 aromatic heterocycles. The Bertz CT molecular complexity index is 779. The second-order valence-electron chi connectivity index (χ2n) is 6.35. The molecule has 0 fully saturated rings. The lowest BCUT2D eigenvalue weighted by Crippen LogP contribution is -2.37. The predicted molar refractivity (Wildman–Crippen MR) is 93.2 cm³/mol. The second kappa shape index (κ2) is 7.11. The molecular weight excluding hydrogens is 323 g/mol. The van der Waals surface area contributed by atoms with Crippen molar-refractivity contribution in [1.82, 2.24) is 5.32 Å². The van der Waals surface area contributed by atoms with Gasteiger partial charge in [-0.25, -0.2) is 9.18 Å². The molecule has 0 radical (unpaired) electrons. The Balaban J connectivity index is 1.67. The summed E-state index contributed by atoms with van der Waals surface area (Å²) in [7, 11) is 0. The summed E-state index contributed by atoms with van der Waals surface area (Å²) < 4.78 is 19.5. The van der Waals surface area contributed by atoms with E-state index in [2.05, 4.69) is 10.6 Å². The number of ether oxygens (including phenoxy) is 1. The number of urea groups is 1. The summed E-state index contributed by atoms with van der Waals surface area (Å²) in [4.78, 5) is 12.2. The maximum absolute atomic E-state index is 14.1. The highest BCUT2D eigenvalue weighted by Gasteiger charge is 2.31. The zero-order chi connectivity index (χ0) is 18.0. The molecule has 0 heterocycles. The molecule has 0 saturated carbocycles. The van der Waals surface area contributed by atoms with E-state index in [0.717, 1.165) is 11.1 Å². The van der Waals surface area contributed by atoms with Gasteiger partial charge < -0.3 is 20.5 Å². The molecule has 1 aliphatic rings. The van der Waals surface area contributed by atoms with E-state index in [9.17, 15) is 14.3 Å². The van der Waals surface area contributed by atoms with Gasteiger partial charge in [-0.05, 0) is 37.1 Å². The van der Waals surface area contributed by atoms with E-state index in [-0.39, 0.29) is 11.8 Å². The molecular formula is C19H21FN2O3. The van der Waals surface area contributed by atoms with Crippen molar-refractivity contribution in [1.29, 1.82) is 0 Å². The van der Waals surface area contributed by atoms with Crippen LogP contribution in [0.1, 0.15) is 31.0 Å². The van der Waals surface area contributed by atoms with Crippen LogP contribution < -0.4 is 15.4 Å². The van der Waals surface area contributed by atoms with Gasteiger partial charge in [0.05, 0.1) is 23.9 Å². The van der Waals surface area contributed by atoms with Crippen LogP contribution in [-0.2, 0) is 6.42 Å². The SMILES string of the molecule is CC(C)Oc1ccc(NC(=O)N[C@@H]2c3ccccc3C[C@@H]2O)c(F)c1. The second-order valence-corrected chi connectivity index (χ2v) is 6.35. The topological polar surface area (TPSA) is 70.6 Å². The van der Waals surface area contributed by atoms with E-state index < -0.39 is 24.0 Å². The van der Waals surface area contributed by atoms with Crippen molar-refractivity contribution in [3.05, 3.63) is 59.4 Å². The number of aliphatic hydroxyl groups is 1. The summed E-state index contributed by atoms with van der Waals surface area (Å²) >= 11 is 0. The number of carbonyl (C=O) groups excluding carboxylic acids is 1. The van der Waals surface area contributed by atoms with E-state index in [1.165, 1.54) is 12.1 Å². The highest BCUT2D eigenvalue weighted by atomic mass is 19.1. The fourth-order valence-corrected chi connectivity index (χ4v) is 2.99. The van der Waals surface area contributed by atoms with E-state index >= 15 is 0 Å². The lowest BCUT2D eigenvalue weighted by Gasteiger charge is -2.18. The fourth-order valence-electron chi connectivity index (χ4n) is 2.99. The molecule has 0 bridgehead atoms. The molecule has 3 rings (SSSR count). The fraction of sp³-hybridized carbons (Fsp3) is 0.316. The highest BCUT2D eigenvalue weighted by molar-refractivity contribution is 5.89. The summed E-state index contributed by atoms with van der Waals surface area (Å²) in [5.41, 5.74) is 1.93. The Morgan fingerprint density at radius 2 is 2.04 bits per heavy atom. The van der Waals surface area contributed by atoms with Gasteiger partial charge in [0.1, 0.15) is 11.6 Å². The molecule has 132 valence electrons. The van der Waals surface area contributed by atoms with Gasteiger partial charge in [-0.1, -0.05) is 24.3 Å². The van der Waals surface area contributed by atoms with Crippen molar-refractivity contribution in [3.63, 3.8) is 0 Å². The maximum Gasteiger partial charge on any atom is 0.319 e. The van der Waals surface area contributed by atoms with Crippen LogP contribution in [0.15, 0.2) is 42.5 Å². The molecule has 0 aliphatic heterocycles. The Kier molecular flexibility index (Phi) is 4.90. The minimum atomic E-state index is -0.699. The number of halogens is 1. The van der Waals surface area contributed by atoms with Crippen LogP contribution in [0.25, 0.3) is 0 Å². The third-order valence-corrected chi connectivity index (χ3v) is 4.05. The lowest BCUT2D eigenvalue weighted by atomic mass is 10.1. The number of rotatable bonds is 4. The Labute approximate surface area is 145 Å². The van der Waals surface area contributed by atoms with Gasteiger partial charge in [0.15, 0.2) is 0 Å². The van der Waals surface area contributed by atoms with Crippen LogP contribution in [0.3, 0.4) is 0 Å². The first-order valence-corrected chi connectivity index (χ1v) is 8.23. The molecule has 3 N–H and O–H groups in total. The molecule has 1 aliphatic carbocycles. The highest BCUT2D eigenvalue weighted by Crippen LogP contribution is 2.31. The average molecular weight is 344 g/mol. The van der Waals surface area contributed by atoms with Gasteiger partial charge in [0.2, 0.25) is 0 Å². The summed E-state index contributed by atoms with van der Waals surface area (Å²) in [6, 6.07) is 10.7. The third-order valence-electron chi connectivity index (χ3n) is 4.05. The number of hydrogen-bond donors (Lipinski definition) is 3. The first-order chi connectivity index (χ1) is 11.9. The summed E-state index contributed by atoms with van der Waals surface area (Å²) in [5.74, 6) is -0.181. The van der Waals surface area contributed by atoms with E-state index in [1.807, 2.05) is 38.1 Å². The Morgan fingerprint density at radius 1 is 1.28 bits per heavy atom. The quantitative estimate of drug-likeness (QED) is 0.796. The molecule has 6 heteroatoms. The first-order valence-electron chi connectivity index (χ1n) is 8.23. The van der Waals surface area contributed by atoms with Gasteiger partial charge in [-0.3, -0.25) is 0 Å². The average Bonchev–Trinajstić information content (AvgIpc) is 2.85. The van der Waals surface area contributed by atoms with Crippen LogP contribution in [0.4, 0.5) is 14.9 Å². The van der Waals surface area contributed by atoms with Crippen LogP contribution in [0.2, 0.25) is 0 Å². The standard InChI is InChI=1S/C19H21FN2O3/c1-11(2)25-13-7-8-16(15(20)10-13)21-19(24)22-18-14-6-4-3-5-12(14)9-17(18)23/h3-8,10-11,17-18,23H,9H2,1-2H3,(H2,21,22,24)/t17-,18+/m0/s1. The van der Waals surface area contributed by atoms with Crippen molar-refractivity contribution < 1.29 is 19.0 Å². The van der Waals surface area contributed by atoms with E-state index in [4.69, 9.17) is 4.74 Å². The number of benzene rings is 2. The minimum absolute atomic E-state index is 0.0504. The van der Waals surface area contributed by atoms with Crippen LogP contribution in [0, 0.1) is 5.82 Å². The molecule has 0 spiro atoms. The molecule has 2 aromatic carbocycles. The lowest BCUT2D eigenvalue weighted by molar-refractivity contribution is 0.144. The maximum atomic E-state index is 14.1. The molecule has 25 heavy (non-hydrogen) atoms. The Morgan fingerprint density at radius 3 is 2.76 bits per heavy atom. The monoisotopic (exact) mass is 344 g/mol. The van der Waals surface area contributed by atoms with Crippen molar-refractivity contribution in [2.24, 2.45) is 0 Å². The number of fused-ring (bicyclic) bond motifs is 1. The number of anilines is 1. The van der Waals surface area contributed by atoms with Crippen molar-refractivity contribution >= 4 is 11.7 Å². The predicted octanol–water partition coefficient (Wildman–Crippen LogP) is 3.39. The van der Waals surface area contributed by atoms with E-state index in [1.54, 1.807) is 6.07 Å². The van der Waals surface area contributed by atoms with Crippen molar-refractivity contribution in [2.75, 3.05) is 5.32 Å². The van der Waals surface area contributed by atoms with Crippen molar-refractivity contribution in [2.45, 2.75) is 38.5 Å². The summed E-state index contributed by atoms with van der Waals surface area (Å²) in [6.07, 6.45) is -0.281. The minimum Gasteiger partial charge on any atom is -0.491 e. The summed E-state index contributed by atoms with van der Waals surface area (Å²) in [6.45, 7) is 3.70. The molecule has 0 unspecified atom stereocenters. The van der Waals surface area contributed by atoms with Gasteiger partial charge in [0.25, 0.3) is 0 Å². The van der Waals surface area contributed by atoms with Gasteiger partial charge >= 0.3 is 6.03 Å². The molecule has 2 amide bonds. The Hall–Kier alpha value is -2.60. The normalized spacial score (nSPS) is 18.8. The van der Waals surface area contributed by atoms with Gasteiger partial charge in [-0.15, -0.1) is 0 Å². The molecule has 2 aromatic rings. The van der Waals surface area contributed by atoms with Crippen LogP contribution in [0.5, 0.6) is 5.75 Å². The van der Waals surface area contributed by atoms with Crippen LogP contribution >= 0.6 is 0 Å². The number of carbonyl (C=O) groups is 1. The molecule has 5 nitrogen and oxygen atoms in total. The smallest absolute Gasteiger partial charge is 0.319 e. The van der Waals surface area contributed by atoms with Gasteiger partial charge in [0, 0.05) is 12.5 Å². The molecule has 2 atom stereocenters. The first kappa shape index (κ1) is 17.2. The zero-order valence-corrected chi connectivity index (χ0v) is 14.1. The number of nitrogens with one attached hydrogen (secondary N) is 2. The van der Waals surface area contributed by atoms with Gasteiger partial charge in [-0.2, -0.15) is 0 Å². The van der Waals surface area contributed by atoms with E-state index in [0.29, 0.717) is 12.2 Å².